The molecule has 0 amide bonds. The molecule has 1 aromatic carbocycles. The minimum Gasteiger partial charge on any atom is -0.341 e. The van der Waals surface area contributed by atoms with Gasteiger partial charge in [-0.05, 0) is 28.1 Å². The Hall–Kier alpha value is -1.35. The van der Waals surface area contributed by atoms with Crippen LogP contribution < -0.4 is 0 Å². The van der Waals surface area contributed by atoms with Crippen molar-refractivity contribution in [3.05, 3.63) is 41.1 Å². The number of aromatic nitrogens is 2. The van der Waals surface area contributed by atoms with Crippen LogP contribution in [0.15, 0.2) is 41.1 Å². The molecule has 0 atom stereocenters. The third kappa shape index (κ3) is 1.13. The van der Waals surface area contributed by atoms with Crippen molar-refractivity contribution >= 4 is 37.7 Å². The number of benzene rings is 1. The average molecular weight is 261 g/mol. The molecule has 15 heavy (non-hydrogen) atoms. The van der Waals surface area contributed by atoms with Crippen molar-refractivity contribution in [3.8, 4) is 0 Å². The van der Waals surface area contributed by atoms with Gasteiger partial charge >= 0.3 is 0 Å². The molecule has 3 rings (SSSR count). The number of pyridine rings is 1. The molecule has 3 aromatic rings. The molecule has 2 nitrogen and oxygen atoms in total. The second-order valence-corrected chi connectivity index (χ2v) is 4.33. The van der Waals surface area contributed by atoms with Gasteiger partial charge < -0.3 is 4.57 Å². The Labute approximate surface area is 95.7 Å². The van der Waals surface area contributed by atoms with Gasteiger partial charge in [-0.1, -0.05) is 18.2 Å². The van der Waals surface area contributed by atoms with Gasteiger partial charge in [-0.3, -0.25) is 0 Å². The fraction of sp³-hybridized carbons (Fsp3) is 0.0833. The van der Waals surface area contributed by atoms with Gasteiger partial charge in [0.1, 0.15) is 4.60 Å². The number of rotatable bonds is 0. The van der Waals surface area contributed by atoms with Gasteiger partial charge in [0.05, 0.1) is 5.52 Å². The van der Waals surface area contributed by atoms with Crippen LogP contribution in [-0.4, -0.2) is 9.55 Å². The molecule has 0 N–H and O–H groups in total. The van der Waals surface area contributed by atoms with E-state index in [2.05, 4.69) is 62.9 Å². The molecule has 0 saturated carbocycles. The van der Waals surface area contributed by atoms with Gasteiger partial charge in [0.2, 0.25) is 0 Å². The quantitative estimate of drug-likeness (QED) is 0.566. The maximum Gasteiger partial charge on any atom is 0.130 e. The van der Waals surface area contributed by atoms with Gasteiger partial charge in [0, 0.05) is 29.5 Å². The summed E-state index contributed by atoms with van der Waals surface area (Å²) in [5.41, 5.74) is 2.39. The van der Waals surface area contributed by atoms with Crippen molar-refractivity contribution < 1.29 is 0 Å². The van der Waals surface area contributed by atoms with E-state index in [0.717, 1.165) is 10.1 Å². The Bertz CT molecular complexity index is 655. The summed E-state index contributed by atoms with van der Waals surface area (Å²) in [5, 5.41) is 2.52. The highest BCUT2D eigenvalue weighted by Crippen LogP contribution is 2.30. The molecule has 0 aliphatic rings. The van der Waals surface area contributed by atoms with E-state index in [0.29, 0.717) is 0 Å². The summed E-state index contributed by atoms with van der Waals surface area (Å²) in [4.78, 5) is 4.26. The molecule has 0 spiro atoms. The van der Waals surface area contributed by atoms with E-state index in [1.54, 1.807) is 0 Å². The van der Waals surface area contributed by atoms with Gasteiger partial charge in [-0.15, -0.1) is 0 Å². The maximum absolute atomic E-state index is 4.26. The molecular formula is C12H9BrN2. The molecule has 2 heterocycles. The largest absolute Gasteiger partial charge is 0.341 e. The maximum atomic E-state index is 4.26. The topological polar surface area (TPSA) is 17.8 Å². The van der Waals surface area contributed by atoms with E-state index in [-0.39, 0.29) is 0 Å². The second-order valence-electron chi connectivity index (χ2n) is 3.57. The predicted octanol–water partition coefficient (Wildman–Crippen LogP) is 3.49. The zero-order valence-corrected chi connectivity index (χ0v) is 9.82. The molecular weight excluding hydrogens is 252 g/mol. The fourth-order valence-electron chi connectivity index (χ4n) is 2.08. The lowest BCUT2D eigenvalue weighted by Gasteiger charge is -1.98. The van der Waals surface area contributed by atoms with Crippen LogP contribution in [0.25, 0.3) is 21.8 Å². The van der Waals surface area contributed by atoms with E-state index in [1.165, 1.54) is 16.3 Å². The average Bonchev–Trinajstić information content (AvgIpc) is 2.55. The van der Waals surface area contributed by atoms with Crippen LogP contribution in [0.4, 0.5) is 0 Å². The van der Waals surface area contributed by atoms with E-state index in [4.69, 9.17) is 0 Å². The Balaban J connectivity index is 2.69. The first-order valence-electron chi connectivity index (χ1n) is 4.76. The number of nitrogens with zero attached hydrogens (tertiary/aromatic N) is 2. The molecule has 0 aliphatic carbocycles. The van der Waals surface area contributed by atoms with Crippen molar-refractivity contribution in [1.82, 2.24) is 9.55 Å². The number of para-hydroxylation sites is 1. The molecule has 0 saturated heterocycles. The first kappa shape index (κ1) is 8.92. The minimum absolute atomic E-state index is 0.902. The summed E-state index contributed by atoms with van der Waals surface area (Å²) >= 11 is 3.49. The summed E-state index contributed by atoms with van der Waals surface area (Å²) in [6.07, 6.45) is 1.83. The zero-order chi connectivity index (χ0) is 10.4. The lowest BCUT2D eigenvalue weighted by atomic mass is 10.2. The first-order valence-corrected chi connectivity index (χ1v) is 5.56. The highest BCUT2D eigenvalue weighted by atomic mass is 79.9. The first-order chi connectivity index (χ1) is 7.29. The van der Waals surface area contributed by atoms with Gasteiger partial charge in [0.15, 0.2) is 0 Å². The number of aryl methyl sites for hydroxylation is 1. The Kier molecular flexibility index (Phi) is 1.83. The molecule has 2 aromatic heterocycles. The van der Waals surface area contributed by atoms with Crippen LogP contribution in [-0.2, 0) is 7.05 Å². The molecule has 0 bridgehead atoms. The van der Waals surface area contributed by atoms with Gasteiger partial charge in [0.25, 0.3) is 0 Å². The minimum atomic E-state index is 0.902. The van der Waals surface area contributed by atoms with E-state index in [9.17, 15) is 0 Å². The van der Waals surface area contributed by atoms with Crippen LogP contribution in [0.3, 0.4) is 0 Å². The predicted molar refractivity (Wildman–Crippen MR) is 65.9 cm³/mol. The van der Waals surface area contributed by atoms with Crippen LogP contribution in [0, 0.1) is 0 Å². The number of halogens is 1. The van der Waals surface area contributed by atoms with Crippen molar-refractivity contribution in [1.29, 1.82) is 0 Å². The monoisotopic (exact) mass is 260 g/mol. The lowest BCUT2D eigenvalue weighted by Crippen LogP contribution is -1.88. The number of hydrogen-bond donors (Lipinski definition) is 0. The Morgan fingerprint density at radius 3 is 2.80 bits per heavy atom. The van der Waals surface area contributed by atoms with Crippen LogP contribution in [0.1, 0.15) is 0 Å². The molecule has 0 unspecified atom stereocenters. The Morgan fingerprint density at radius 2 is 1.93 bits per heavy atom. The summed E-state index contributed by atoms with van der Waals surface area (Å²) in [5.74, 6) is 0. The van der Waals surface area contributed by atoms with Gasteiger partial charge in [-0.25, -0.2) is 4.98 Å². The van der Waals surface area contributed by atoms with Crippen molar-refractivity contribution in [2.75, 3.05) is 0 Å². The summed E-state index contributed by atoms with van der Waals surface area (Å²) in [6, 6.07) is 10.5. The van der Waals surface area contributed by atoms with Crippen molar-refractivity contribution in [3.63, 3.8) is 0 Å². The van der Waals surface area contributed by atoms with E-state index < -0.39 is 0 Å². The standard InChI is InChI=1S/C12H9BrN2/c1-15-10-5-3-2-4-8(10)9-6-7-14-12(13)11(9)15/h2-7H,1H3. The normalized spacial score (nSPS) is 11.3. The summed E-state index contributed by atoms with van der Waals surface area (Å²) in [7, 11) is 2.07. The van der Waals surface area contributed by atoms with Crippen LogP contribution in [0.5, 0.6) is 0 Å². The van der Waals surface area contributed by atoms with E-state index in [1.807, 2.05) is 6.20 Å². The third-order valence-electron chi connectivity index (χ3n) is 2.77. The lowest BCUT2D eigenvalue weighted by molar-refractivity contribution is 1.00. The van der Waals surface area contributed by atoms with Crippen LogP contribution in [0.2, 0.25) is 0 Å². The summed E-state index contributed by atoms with van der Waals surface area (Å²) < 4.78 is 3.07. The van der Waals surface area contributed by atoms with Crippen LogP contribution >= 0.6 is 15.9 Å². The fourth-order valence-corrected chi connectivity index (χ4v) is 2.68. The second kappa shape index (κ2) is 3.07. The highest BCUT2D eigenvalue weighted by molar-refractivity contribution is 9.10. The van der Waals surface area contributed by atoms with Crippen molar-refractivity contribution in [2.45, 2.75) is 0 Å². The zero-order valence-electron chi connectivity index (χ0n) is 8.24. The van der Waals surface area contributed by atoms with E-state index >= 15 is 0 Å². The molecule has 3 heteroatoms. The van der Waals surface area contributed by atoms with Gasteiger partial charge in [-0.2, -0.15) is 0 Å². The Morgan fingerprint density at radius 1 is 1.13 bits per heavy atom. The molecule has 0 aliphatic heterocycles. The highest BCUT2D eigenvalue weighted by Gasteiger charge is 2.09. The smallest absolute Gasteiger partial charge is 0.130 e. The third-order valence-corrected chi connectivity index (χ3v) is 3.35. The molecule has 0 fully saturated rings. The molecule has 74 valence electrons. The number of fused-ring (bicyclic) bond motifs is 3. The molecule has 0 radical (unpaired) electrons. The van der Waals surface area contributed by atoms with Crippen molar-refractivity contribution in [2.24, 2.45) is 7.05 Å². The SMILES string of the molecule is Cn1c2ccccc2c2ccnc(Br)c21. The summed E-state index contributed by atoms with van der Waals surface area (Å²) in [6.45, 7) is 0. The number of hydrogen-bond acceptors (Lipinski definition) is 1.